The third-order valence-electron chi connectivity index (χ3n) is 2.19. The Balaban J connectivity index is 2.04. The monoisotopic (exact) mass is 197 g/mol. The molecule has 0 bridgehead atoms. The van der Waals surface area contributed by atoms with Gasteiger partial charge in [0.1, 0.15) is 0 Å². The summed E-state index contributed by atoms with van der Waals surface area (Å²) in [5, 5.41) is 7.35. The molecule has 0 amide bonds. The van der Waals surface area contributed by atoms with Gasteiger partial charge in [0.15, 0.2) is 0 Å². The number of hydrogen-bond acceptors (Lipinski definition) is 3. The first-order valence-electron chi connectivity index (χ1n) is 4.43. The van der Waals surface area contributed by atoms with Crippen LogP contribution in [0.15, 0.2) is 18.5 Å². The highest BCUT2D eigenvalue weighted by molar-refractivity contribution is 6.33. The maximum absolute atomic E-state index is 5.96. The summed E-state index contributed by atoms with van der Waals surface area (Å²) in [7, 11) is 0. The molecule has 3 nitrogen and oxygen atoms in total. The molecule has 1 aromatic rings. The molecule has 1 aliphatic heterocycles. The normalized spacial score (nSPS) is 21.8. The average molecular weight is 198 g/mol. The molecule has 1 saturated heterocycles. The molecule has 1 aromatic heterocycles. The van der Waals surface area contributed by atoms with Crippen molar-refractivity contribution in [3.05, 3.63) is 23.5 Å². The lowest BCUT2D eigenvalue weighted by atomic mass is 10.2. The van der Waals surface area contributed by atoms with Crippen LogP contribution in [0.3, 0.4) is 0 Å². The van der Waals surface area contributed by atoms with Gasteiger partial charge in [-0.1, -0.05) is 11.6 Å². The van der Waals surface area contributed by atoms with Gasteiger partial charge >= 0.3 is 0 Å². The van der Waals surface area contributed by atoms with E-state index in [1.165, 1.54) is 0 Å². The summed E-state index contributed by atoms with van der Waals surface area (Å²) in [6, 6.07) is 2.40. The topological polar surface area (TPSA) is 37.0 Å². The second kappa shape index (κ2) is 3.94. The van der Waals surface area contributed by atoms with Gasteiger partial charge in [-0.2, -0.15) is 0 Å². The predicted octanol–water partition coefficient (Wildman–Crippen LogP) is 1.51. The first-order valence-corrected chi connectivity index (χ1v) is 4.81. The van der Waals surface area contributed by atoms with Gasteiger partial charge in [0.05, 0.1) is 10.7 Å². The highest BCUT2D eigenvalue weighted by Gasteiger charge is 2.14. The Hall–Kier alpha value is -0.800. The minimum atomic E-state index is 0.500. The minimum Gasteiger partial charge on any atom is -0.380 e. The first kappa shape index (κ1) is 8.78. The van der Waals surface area contributed by atoms with Crippen molar-refractivity contribution in [2.75, 3.05) is 18.4 Å². The van der Waals surface area contributed by atoms with Gasteiger partial charge in [0.25, 0.3) is 0 Å². The van der Waals surface area contributed by atoms with E-state index >= 15 is 0 Å². The molecule has 2 N–H and O–H groups in total. The number of anilines is 1. The van der Waals surface area contributed by atoms with Crippen LogP contribution in [0.1, 0.15) is 6.42 Å². The molecular weight excluding hydrogens is 186 g/mol. The van der Waals surface area contributed by atoms with Crippen molar-refractivity contribution < 1.29 is 0 Å². The van der Waals surface area contributed by atoms with E-state index in [-0.39, 0.29) is 0 Å². The molecule has 0 saturated carbocycles. The van der Waals surface area contributed by atoms with E-state index in [1.54, 1.807) is 12.4 Å². The van der Waals surface area contributed by atoms with Crippen molar-refractivity contribution in [3.8, 4) is 0 Å². The predicted molar refractivity (Wildman–Crippen MR) is 54.1 cm³/mol. The Morgan fingerprint density at radius 2 is 2.54 bits per heavy atom. The second-order valence-electron chi connectivity index (χ2n) is 3.19. The number of rotatable bonds is 2. The lowest BCUT2D eigenvalue weighted by Gasteiger charge is -2.13. The molecule has 13 heavy (non-hydrogen) atoms. The van der Waals surface area contributed by atoms with Gasteiger partial charge in [-0.3, -0.25) is 4.98 Å². The van der Waals surface area contributed by atoms with Crippen molar-refractivity contribution in [3.63, 3.8) is 0 Å². The highest BCUT2D eigenvalue weighted by Crippen LogP contribution is 2.20. The molecule has 1 unspecified atom stereocenters. The minimum absolute atomic E-state index is 0.500. The molecule has 0 spiro atoms. The zero-order chi connectivity index (χ0) is 9.10. The lowest BCUT2D eigenvalue weighted by molar-refractivity contribution is 0.793. The van der Waals surface area contributed by atoms with Crippen molar-refractivity contribution >= 4 is 17.3 Å². The van der Waals surface area contributed by atoms with Crippen LogP contribution in [-0.4, -0.2) is 24.1 Å². The number of nitrogens with zero attached hydrogens (tertiary/aromatic N) is 1. The summed E-state index contributed by atoms with van der Waals surface area (Å²) >= 11 is 5.96. The van der Waals surface area contributed by atoms with Gasteiger partial charge in [0, 0.05) is 25.0 Å². The highest BCUT2D eigenvalue weighted by atomic mass is 35.5. The summed E-state index contributed by atoms with van der Waals surface area (Å²) in [6.45, 7) is 2.10. The van der Waals surface area contributed by atoms with Crippen LogP contribution in [0.25, 0.3) is 0 Å². The van der Waals surface area contributed by atoms with Crippen LogP contribution in [0.2, 0.25) is 5.02 Å². The fourth-order valence-corrected chi connectivity index (χ4v) is 1.66. The zero-order valence-electron chi connectivity index (χ0n) is 7.26. The Bertz CT molecular complexity index is 284. The molecule has 1 fully saturated rings. The molecule has 70 valence electrons. The SMILES string of the molecule is Clc1cnccc1NC1CCNC1. The van der Waals surface area contributed by atoms with E-state index in [9.17, 15) is 0 Å². The molecule has 4 heteroatoms. The van der Waals surface area contributed by atoms with E-state index < -0.39 is 0 Å². The lowest BCUT2D eigenvalue weighted by Crippen LogP contribution is -2.22. The van der Waals surface area contributed by atoms with Crippen LogP contribution in [0, 0.1) is 0 Å². The maximum Gasteiger partial charge on any atom is 0.0820 e. The first-order chi connectivity index (χ1) is 6.36. The number of nitrogens with one attached hydrogen (secondary N) is 2. The van der Waals surface area contributed by atoms with Gasteiger partial charge in [-0.15, -0.1) is 0 Å². The van der Waals surface area contributed by atoms with Crippen molar-refractivity contribution in [2.45, 2.75) is 12.5 Å². The molecular formula is C9H12ClN3. The van der Waals surface area contributed by atoms with Crippen molar-refractivity contribution in [1.29, 1.82) is 0 Å². The second-order valence-corrected chi connectivity index (χ2v) is 3.60. The van der Waals surface area contributed by atoms with Gasteiger partial charge in [-0.25, -0.2) is 0 Å². The maximum atomic E-state index is 5.96. The molecule has 2 rings (SSSR count). The van der Waals surface area contributed by atoms with Crippen molar-refractivity contribution in [2.24, 2.45) is 0 Å². The standard InChI is InChI=1S/C9H12ClN3/c10-8-6-12-4-2-9(8)13-7-1-3-11-5-7/h2,4,6-7,11H,1,3,5H2,(H,12,13). The summed E-state index contributed by atoms with van der Waals surface area (Å²) in [5.74, 6) is 0. The van der Waals surface area contributed by atoms with Gasteiger partial charge in [-0.05, 0) is 19.0 Å². The van der Waals surface area contributed by atoms with Gasteiger partial charge < -0.3 is 10.6 Å². The quantitative estimate of drug-likeness (QED) is 0.755. The summed E-state index contributed by atoms with van der Waals surface area (Å²) in [5.41, 5.74) is 0.977. The largest absolute Gasteiger partial charge is 0.380 e. The van der Waals surface area contributed by atoms with E-state index in [0.29, 0.717) is 11.1 Å². The Labute approximate surface area is 82.5 Å². The van der Waals surface area contributed by atoms with Crippen LogP contribution in [0.4, 0.5) is 5.69 Å². The summed E-state index contributed by atoms with van der Waals surface area (Å²) < 4.78 is 0. The molecule has 1 atom stereocenters. The van der Waals surface area contributed by atoms with Crippen LogP contribution < -0.4 is 10.6 Å². The molecule has 0 aliphatic carbocycles. The third kappa shape index (κ3) is 2.11. The smallest absolute Gasteiger partial charge is 0.0820 e. The molecule has 0 aromatic carbocycles. The summed E-state index contributed by atoms with van der Waals surface area (Å²) in [6.07, 6.45) is 4.56. The zero-order valence-corrected chi connectivity index (χ0v) is 8.01. The van der Waals surface area contributed by atoms with E-state index in [0.717, 1.165) is 25.2 Å². The molecule has 2 heterocycles. The van der Waals surface area contributed by atoms with E-state index in [2.05, 4.69) is 15.6 Å². The number of aromatic nitrogens is 1. The third-order valence-corrected chi connectivity index (χ3v) is 2.49. The fraction of sp³-hybridized carbons (Fsp3) is 0.444. The van der Waals surface area contributed by atoms with Crippen LogP contribution in [-0.2, 0) is 0 Å². The summed E-state index contributed by atoms with van der Waals surface area (Å²) in [4.78, 5) is 3.93. The van der Waals surface area contributed by atoms with E-state index in [4.69, 9.17) is 11.6 Å². The number of pyridine rings is 1. The number of hydrogen-bond donors (Lipinski definition) is 2. The van der Waals surface area contributed by atoms with Gasteiger partial charge in [0.2, 0.25) is 0 Å². The van der Waals surface area contributed by atoms with Crippen LogP contribution in [0.5, 0.6) is 0 Å². The molecule has 1 aliphatic rings. The Kier molecular flexibility index (Phi) is 2.66. The van der Waals surface area contributed by atoms with Crippen molar-refractivity contribution in [1.82, 2.24) is 10.3 Å². The Morgan fingerprint density at radius 3 is 3.23 bits per heavy atom. The fourth-order valence-electron chi connectivity index (χ4n) is 1.49. The number of halogens is 1. The van der Waals surface area contributed by atoms with Crippen LogP contribution >= 0.6 is 11.6 Å². The average Bonchev–Trinajstić information content (AvgIpc) is 2.61. The Morgan fingerprint density at radius 1 is 1.62 bits per heavy atom. The molecule has 0 radical (unpaired) electrons. The van der Waals surface area contributed by atoms with E-state index in [1.807, 2.05) is 6.07 Å².